The van der Waals surface area contributed by atoms with Crippen LogP contribution in [0.3, 0.4) is 0 Å². The van der Waals surface area contributed by atoms with Gasteiger partial charge in [-0.15, -0.1) is 0 Å². The zero-order chi connectivity index (χ0) is 24.8. The number of allylic oxidation sites excluding steroid dienone is 2. The molecule has 0 radical (unpaired) electrons. The molecule has 4 aromatic rings. The van der Waals surface area contributed by atoms with E-state index in [1.165, 1.54) is 6.21 Å². The number of fused-ring (bicyclic) bond motifs is 1. The average molecular weight is 466 g/mol. The number of benzene rings is 2. The third-order valence-corrected chi connectivity index (χ3v) is 5.79. The molecular weight excluding hydrogens is 438 g/mol. The van der Waals surface area contributed by atoms with E-state index in [2.05, 4.69) is 10.3 Å². The molecule has 0 saturated carbocycles. The Labute approximate surface area is 203 Å². The Balaban J connectivity index is 1.50. The summed E-state index contributed by atoms with van der Waals surface area (Å²) in [6.45, 7) is 2.58. The maximum absolute atomic E-state index is 13.1. The minimum atomic E-state index is -0.161. The Bertz CT molecular complexity index is 1470. The number of rotatable bonds is 8. The van der Waals surface area contributed by atoms with Gasteiger partial charge in [-0.3, -0.25) is 14.6 Å². The van der Waals surface area contributed by atoms with Crippen LogP contribution in [0.2, 0.25) is 0 Å². The van der Waals surface area contributed by atoms with E-state index in [0.29, 0.717) is 41.7 Å². The number of carbonyl (C=O) groups excluding carboxylic acids is 1. The van der Waals surface area contributed by atoms with Crippen molar-refractivity contribution < 1.29 is 4.79 Å². The molecule has 2 aromatic carbocycles. The Morgan fingerprint density at radius 3 is 2.69 bits per heavy atom. The lowest BCUT2D eigenvalue weighted by molar-refractivity contribution is 0.0954. The molecule has 35 heavy (non-hydrogen) atoms. The summed E-state index contributed by atoms with van der Waals surface area (Å²) in [5, 5.41) is 11.9. The fraction of sp³-hybridized carbons (Fsp3) is 0.143. The Hall–Kier alpha value is -4.52. The highest BCUT2D eigenvalue weighted by Crippen LogP contribution is 2.20. The first-order valence-electron chi connectivity index (χ1n) is 11.3. The number of aromatic nitrogens is 2. The molecule has 0 fully saturated rings. The van der Waals surface area contributed by atoms with Crippen LogP contribution in [-0.2, 0) is 13.0 Å². The van der Waals surface area contributed by atoms with Gasteiger partial charge >= 0.3 is 0 Å². The number of carbonyl (C=O) groups is 1. The maximum Gasteiger partial charge on any atom is 0.258 e. The highest BCUT2D eigenvalue weighted by Gasteiger charge is 2.10. The highest BCUT2D eigenvalue weighted by atomic mass is 16.1. The monoisotopic (exact) mass is 465 g/mol. The van der Waals surface area contributed by atoms with E-state index >= 15 is 0 Å². The van der Waals surface area contributed by atoms with Crippen molar-refractivity contribution in [3.05, 3.63) is 118 Å². The van der Waals surface area contributed by atoms with Crippen molar-refractivity contribution in [2.75, 3.05) is 6.54 Å². The first kappa shape index (κ1) is 23.6. The number of hydrogen-bond donors (Lipinski definition) is 3. The SMILES string of the molecule is C/C(N)=C(/C=N)c1ccc2c(=O)n(Cc3cccc(C(=O)NCCc4ccccn4)c3)ccc2c1. The zero-order valence-corrected chi connectivity index (χ0v) is 19.5. The number of amides is 1. The van der Waals surface area contributed by atoms with Gasteiger partial charge in [-0.2, -0.15) is 0 Å². The number of pyridine rings is 2. The van der Waals surface area contributed by atoms with Crippen LogP contribution in [-0.4, -0.2) is 28.2 Å². The summed E-state index contributed by atoms with van der Waals surface area (Å²) < 4.78 is 1.63. The highest BCUT2D eigenvalue weighted by molar-refractivity contribution is 6.10. The molecule has 0 aliphatic rings. The van der Waals surface area contributed by atoms with Crippen LogP contribution in [0.4, 0.5) is 0 Å². The number of hydrogen-bond acceptors (Lipinski definition) is 5. The minimum absolute atomic E-state index is 0.121. The molecular formula is C28H27N5O2. The molecule has 0 unspecified atom stereocenters. The van der Waals surface area contributed by atoms with Crippen molar-refractivity contribution >= 4 is 28.5 Å². The Morgan fingerprint density at radius 1 is 1.09 bits per heavy atom. The second-order valence-corrected chi connectivity index (χ2v) is 8.32. The Morgan fingerprint density at radius 2 is 1.94 bits per heavy atom. The predicted molar refractivity (Wildman–Crippen MR) is 140 cm³/mol. The van der Waals surface area contributed by atoms with Crippen LogP contribution in [0.1, 0.15) is 34.1 Å². The molecule has 2 heterocycles. The van der Waals surface area contributed by atoms with Gasteiger partial charge in [-0.1, -0.05) is 24.3 Å². The fourth-order valence-corrected chi connectivity index (χ4v) is 3.96. The summed E-state index contributed by atoms with van der Waals surface area (Å²) in [6.07, 6.45) is 5.36. The second kappa shape index (κ2) is 10.6. The number of nitrogens with zero attached hydrogens (tertiary/aromatic N) is 2. The van der Waals surface area contributed by atoms with Gasteiger partial charge in [-0.25, -0.2) is 0 Å². The third-order valence-electron chi connectivity index (χ3n) is 5.79. The van der Waals surface area contributed by atoms with E-state index in [9.17, 15) is 9.59 Å². The normalized spacial score (nSPS) is 11.7. The van der Waals surface area contributed by atoms with Gasteiger partial charge in [0.05, 0.1) is 6.54 Å². The van der Waals surface area contributed by atoms with E-state index in [1.54, 1.807) is 48.1 Å². The summed E-state index contributed by atoms with van der Waals surface area (Å²) in [5.74, 6) is -0.161. The third kappa shape index (κ3) is 5.52. The van der Waals surface area contributed by atoms with Crippen molar-refractivity contribution in [1.82, 2.24) is 14.9 Å². The molecule has 4 N–H and O–H groups in total. The van der Waals surface area contributed by atoms with Gasteiger partial charge in [0.15, 0.2) is 0 Å². The molecule has 0 aliphatic carbocycles. The van der Waals surface area contributed by atoms with E-state index in [4.69, 9.17) is 11.1 Å². The number of nitrogens with one attached hydrogen (secondary N) is 2. The smallest absolute Gasteiger partial charge is 0.258 e. The summed E-state index contributed by atoms with van der Waals surface area (Å²) in [7, 11) is 0. The molecule has 0 bridgehead atoms. The van der Waals surface area contributed by atoms with Crippen molar-refractivity contribution in [3.63, 3.8) is 0 Å². The van der Waals surface area contributed by atoms with Crippen LogP contribution >= 0.6 is 0 Å². The first-order valence-corrected chi connectivity index (χ1v) is 11.3. The van der Waals surface area contributed by atoms with Gasteiger partial charge in [-0.05, 0) is 65.9 Å². The average Bonchev–Trinajstić information content (AvgIpc) is 2.87. The molecule has 4 rings (SSSR count). The lowest BCUT2D eigenvalue weighted by atomic mass is 10.0. The van der Waals surface area contributed by atoms with E-state index < -0.39 is 0 Å². The summed E-state index contributed by atoms with van der Waals surface area (Å²) in [4.78, 5) is 30.0. The molecule has 176 valence electrons. The summed E-state index contributed by atoms with van der Waals surface area (Å²) >= 11 is 0. The first-order chi connectivity index (χ1) is 17.0. The molecule has 2 aromatic heterocycles. The molecule has 0 aliphatic heterocycles. The maximum atomic E-state index is 13.1. The second-order valence-electron chi connectivity index (χ2n) is 8.32. The van der Waals surface area contributed by atoms with Crippen molar-refractivity contribution in [2.45, 2.75) is 19.9 Å². The van der Waals surface area contributed by atoms with E-state index in [-0.39, 0.29) is 11.5 Å². The molecule has 7 heteroatoms. The van der Waals surface area contributed by atoms with Crippen molar-refractivity contribution in [2.24, 2.45) is 5.73 Å². The van der Waals surface area contributed by atoms with Crippen LogP contribution < -0.4 is 16.6 Å². The van der Waals surface area contributed by atoms with Gasteiger partial charge in [0, 0.05) is 59.5 Å². The summed E-state index contributed by atoms with van der Waals surface area (Å²) in [5.41, 5.74) is 10.1. The predicted octanol–water partition coefficient (Wildman–Crippen LogP) is 3.76. The Kier molecular flexibility index (Phi) is 7.16. The lowest BCUT2D eigenvalue weighted by Gasteiger charge is -2.11. The van der Waals surface area contributed by atoms with Gasteiger partial charge < -0.3 is 21.0 Å². The zero-order valence-electron chi connectivity index (χ0n) is 19.5. The standard InChI is InChI=1S/C28H27N5O2/c1-19(30)26(17-29)21-8-9-25-22(16-21)11-14-33(28(25)35)18-20-5-4-6-23(15-20)27(34)32-13-10-24-7-2-3-12-31-24/h2-9,11-12,14-17,29H,10,13,18,30H2,1H3,(H,32,34)/b26-19+,29-17?. The van der Waals surface area contributed by atoms with Crippen LogP contribution in [0.15, 0.2) is 89.6 Å². The fourth-order valence-electron chi connectivity index (χ4n) is 3.96. The number of nitrogens with two attached hydrogens (primary N) is 1. The van der Waals surface area contributed by atoms with E-state index in [0.717, 1.165) is 22.2 Å². The van der Waals surface area contributed by atoms with E-state index in [1.807, 2.05) is 42.5 Å². The molecule has 0 atom stereocenters. The topological polar surface area (TPSA) is 114 Å². The van der Waals surface area contributed by atoms with Gasteiger partial charge in [0.1, 0.15) is 0 Å². The van der Waals surface area contributed by atoms with Crippen molar-refractivity contribution in [1.29, 1.82) is 5.41 Å². The van der Waals surface area contributed by atoms with Crippen LogP contribution in [0.5, 0.6) is 0 Å². The lowest BCUT2D eigenvalue weighted by Crippen LogP contribution is -2.26. The van der Waals surface area contributed by atoms with Crippen LogP contribution in [0.25, 0.3) is 16.3 Å². The minimum Gasteiger partial charge on any atom is -0.402 e. The molecule has 7 nitrogen and oxygen atoms in total. The van der Waals surface area contributed by atoms with Crippen molar-refractivity contribution in [3.8, 4) is 0 Å². The van der Waals surface area contributed by atoms with Gasteiger partial charge in [0.25, 0.3) is 11.5 Å². The van der Waals surface area contributed by atoms with Gasteiger partial charge in [0.2, 0.25) is 0 Å². The molecule has 0 saturated heterocycles. The largest absolute Gasteiger partial charge is 0.402 e. The molecule has 1 amide bonds. The quantitative estimate of drug-likeness (QED) is 0.344. The molecule has 0 spiro atoms. The van der Waals surface area contributed by atoms with Crippen LogP contribution in [0, 0.1) is 5.41 Å². The summed E-state index contributed by atoms with van der Waals surface area (Å²) in [6, 6.07) is 20.3.